The minimum atomic E-state index is -0.653. The van der Waals surface area contributed by atoms with Crippen molar-refractivity contribution < 1.29 is 14.4 Å². The predicted octanol–water partition coefficient (Wildman–Crippen LogP) is 1.69. The number of aliphatic hydroxyl groups is 1. The van der Waals surface area contributed by atoms with Gasteiger partial charge in [-0.2, -0.15) is 0 Å². The van der Waals surface area contributed by atoms with E-state index in [1.54, 1.807) is 18.3 Å². The summed E-state index contributed by atoms with van der Waals surface area (Å²) >= 11 is 0. The van der Waals surface area contributed by atoms with Gasteiger partial charge in [0.1, 0.15) is 0 Å². The number of H-pyrrole nitrogens is 1. The fraction of sp³-hybridized carbons (Fsp3) is 0.533. The van der Waals surface area contributed by atoms with Crippen LogP contribution in [-0.2, 0) is 9.31 Å². The molecule has 0 amide bonds. The van der Waals surface area contributed by atoms with Crippen LogP contribution in [0.5, 0.6) is 0 Å². The second kappa shape index (κ2) is 5.44. The summed E-state index contributed by atoms with van der Waals surface area (Å²) in [5.74, 6) is 0. The van der Waals surface area contributed by atoms with Crippen molar-refractivity contribution in [2.45, 2.75) is 45.8 Å². The fourth-order valence-corrected chi connectivity index (χ4v) is 2.10. The molecule has 2 heterocycles. The van der Waals surface area contributed by atoms with Crippen molar-refractivity contribution in [1.82, 2.24) is 4.98 Å². The molecule has 0 saturated carbocycles. The van der Waals surface area contributed by atoms with Gasteiger partial charge in [-0.25, -0.2) is 0 Å². The summed E-state index contributed by atoms with van der Waals surface area (Å²) in [7, 11) is -0.653. The Labute approximate surface area is 125 Å². The SMILES string of the molecule is Cc1c[nH]c(=O)c(C=C(CO)B2OC(C)(C)C(C)(C)O2)c1. The number of aryl methyl sites for hydroxylation is 1. The molecule has 1 aromatic rings. The first-order chi connectivity index (χ1) is 9.66. The number of pyridine rings is 1. The highest BCUT2D eigenvalue weighted by Crippen LogP contribution is 2.38. The maximum Gasteiger partial charge on any atom is 0.492 e. The molecule has 0 aromatic carbocycles. The smallest absolute Gasteiger partial charge is 0.400 e. The van der Waals surface area contributed by atoms with E-state index in [1.165, 1.54) is 0 Å². The first-order valence-electron chi connectivity index (χ1n) is 7.02. The number of aromatic nitrogens is 1. The number of hydrogen-bond donors (Lipinski definition) is 2. The Morgan fingerprint density at radius 2 is 1.90 bits per heavy atom. The van der Waals surface area contributed by atoms with Gasteiger partial charge >= 0.3 is 7.12 Å². The Kier molecular flexibility index (Phi) is 4.15. The topological polar surface area (TPSA) is 71.6 Å². The normalized spacial score (nSPS) is 20.9. The zero-order valence-corrected chi connectivity index (χ0v) is 13.2. The van der Waals surface area contributed by atoms with Gasteiger partial charge in [-0.05, 0) is 51.7 Å². The predicted molar refractivity (Wildman–Crippen MR) is 82.9 cm³/mol. The van der Waals surface area contributed by atoms with Gasteiger partial charge in [0.25, 0.3) is 5.56 Å². The van der Waals surface area contributed by atoms with Crippen LogP contribution in [0.25, 0.3) is 6.08 Å². The molecule has 2 N–H and O–H groups in total. The Morgan fingerprint density at radius 1 is 1.33 bits per heavy atom. The number of aromatic amines is 1. The van der Waals surface area contributed by atoms with E-state index in [1.807, 2.05) is 34.6 Å². The largest absolute Gasteiger partial charge is 0.492 e. The van der Waals surface area contributed by atoms with Crippen molar-refractivity contribution in [2.75, 3.05) is 6.61 Å². The minimum Gasteiger partial charge on any atom is -0.400 e. The number of nitrogens with one attached hydrogen (secondary N) is 1. The van der Waals surface area contributed by atoms with Gasteiger partial charge in [-0.15, -0.1) is 0 Å². The molecule has 1 aliphatic heterocycles. The summed E-state index contributed by atoms with van der Waals surface area (Å²) < 4.78 is 11.8. The van der Waals surface area contributed by atoms with Crippen LogP contribution < -0.4 is 5.56 Å². The maximum absolute atomic E-state index is 11.8. The van der Waals surface area contributed by atoms with Crippen molar-refractivity contribution in [3.8, 4) is 0 Å². The van der Waals surface area contributed by atoms with E-state index >= 15 is 0 Å². The second-order valence-electron chi connectivity index (χ2n) is 6.43. The van der Waals surface area contributed by atoms with Crippen molar-refractivity contribution in [3.63, 3.8) is 0 Å². The molecule has 0 bridgehead atoms. The van der Waals surface area contributed by atoms with Crippen molar-refractivity contribution in [2.24, 2.45) is 0 Å². The quantitative estimate of drug-likeness (QED) is 0.831. The highest BCUT2D eigenvalue weighted by Gasteiger charge is 2.52. The fourth-order valence-electron chi connectivity index (χ4n) is 2.10. The summed E-state index contributed by atoms with van der Waals surface area (Å²) in [6.45, 7) is 9.44. The lowest BCUT2D eigenvalue weighted by Gasteiger charge is -2.32. The Balaban J connectivity index is 2.35. The third kappa shape index (κ3) is 3.12. The van der Waals surface area contributed by atoms with Gasteiger partial charge in [-0.1, -0.05) is 6.08 Å². The van der Waals surface area contributed by atoms with Crippen molar-refractivity contribution >= 4 is 13.2 Å². The second-order valence-corrected chi connectivity index (χ2v) is 6.43. The molecule has 1 aromatic heterocycles. The van der Waals surface area contributed by atoms with E-state index in [0.717, 1.165) is 5.56 Å². The van der Waals surface area contributed by atoms with Gasteiger partial charge in [0.2, 0.25) is 0 Å². The van der Waals surface area contributed by atoms with E-state index in [9.17, 15) is 9.90 Å². The van der Waals surface area contributed by atoms with Crippen molar-refractivity contribution in [3.05, 3.63) is 39.2 Å². The molecule has 1 fully saturated rings. The average molecular weight is 291 g/mol. The third-order valence-corrected chi connectivity index (χ3v) is 4.16. The highest BCUT2D eigenvalue weighted by molar-refractivity contribution is 6.55. The van der Waals surface area contributed by atoms with Gasteiger partial charge in [0, 0.05) is 11.8 Å². The van der Waals surface area contributed by atoms with Crippen LogP contribution in [0.2, 0.25) is 0 Å². The molecule has 6 heteroatoms. The Bertz CT molecular complexity index is 602. The number of rotatable bonds is 3. The van der Waals surface area contributed by atoms with E-state index in [2.05, 4.69) is 4.98 Å². The van der Waals surface area contributed by atoms with Crippen LogP contribution in [0.3, 0.4) is 0 Å². The molecule has 0 radical (unpaired) electrons. The molecule has 21 heavy (non-hydrogen) atoms. The van der Waals surface area contributed by atoms with Crippen LogP contribution in [0, 0.1) is 6.92 Å². The molecular formula is C15H22BNO4. The molecule has 0 aliphatic carbocycles. The summed E-state index contributed by atoms with van der Waals surface area (Å²) in [5.41, 5.74) is 0.782. The first-order valence-corrected chi connectivity index (χ1v) is 7.02. The highest BCUT2D eigenvalue weighted by atomic mass is 16.7. The van der Waals surface area contributed by atoms with E-state index < -0.39 is 18.3 Å². The first kappa shape index (κ1) is 16.0. The molecule has 0 atom stereocenters. The molecule has 0 spiro atoms. The number of aliphatic hydroxyl groups excluding tert-OH is 1. The summed E-state index contributed by atoms with van der Waals surface area (Å²) in [6, 6.07) is 1.76. The lowest BCUT2D eigenvalue weighted by molar-refractivity contribution is 0.00578. The van der Waals surface area contributed by atoms with Gasteiger partial charge < -0.3 is 19.4 Å². The average Bonchev–Trinajstić information content (AvgIpc) is 2.59. The number of hydrogen-bond acceptors (Lipinski definition) is 4. The van der Waals surface area contributed by atoms with Gasteiger partial charge in [-0.3, -0.25) is 4.79 Å². The summed E-state index contributed by atoms with van der Waals surface area (Å²) in [6.07, 6.45) is 3.28. The van der Waals surface area contributed by atoms with E-state index in [4.69, 9.17) is 9.31 Å². The summed E-state index contributed by atoms with van der Waals surface area (Å²) in [5, 5.41) is 9.61. The van der Waals surface area contributed by atoms with Crippen LogP contribution in [0.1, 0.15) is 38.8 Å². The Hall–Kier alpha value is -1.37. The molecule has 2 rings (SSSR count). The van der Waals surface area contributed by atoms with Gasteiger partial charge in [0.05, 0.1) is 17.8 Å². The molecule has 5 nitrogen and oxygen atoms in total. The van der Waals surface area contributed by atoms with Crippen LogP contribution in [0.15, 0.2) is 22.5 Å². The molecule has 1 saturated heterocycles. The summed E-state index contributed by atoms with van der Waals surface area (Å²) in [4.78, 5) is 14.5. The molecular weight excluding hydrogens is 269 g/mol. The van der Waals surface area contributed by atoms with E-state index in [0.29, 0.717) is 11.0 Å². The van der Waals surface area contributed by atoms with E-state index in [-0.39, 0.29) is 12.2 Å². The maximum atomic E-state index is 11.8. The monoisotopic (exact) mass is 291 g/mol. The molecule has 114 valence electrons. The van der Waals surface area contributed by atoms with Crippen LogP contribution in [0.4, 0.5) is 0 Å². The molecule has 0 unspecified atom stereocenters. The zero-order valence-electron chi connectivity index (χ0n) is 13.2. The lowest BCUT2D eigenvalue weighted by Crippen LogP contribution is -2.41. The van der Waals surface area contributed by atoms with Gasteiger partial charge in [0.15, 0.2) is 0 Å². The molecule has 1 aliphatic rings. The standard InChI is InChI=1S/C15H22BNO4/c1-10-6-11(13(19)17-8-10)7-12(9-18)16-20-14(2,3)15(4,5)21-16/h6-8,18H,9H2,1-5H3,(H,17,19). The zero-order chi connectivity index (χ0) is 15.8. The minimum absolute atomic E-state index is 0.205. The third-order valence-electron chi connectivity index (χ3n) is 4.16. The lowest BCUT2D eigenvalue weighted by atomic mass is 9.77. The van der Waals surface area contributed by atoms with Crippen LogP contribution in [-0.4, -0.2) is 35.0 Å². The van der Waals surface area contributed by atoms with Crippen molar-refractivity contribution in [1.29, 1.82) is 0 Å². The Morgan fingerprint density at radius 3 is 2.43 bits per heavy atom. The van der Waals surface area contributed by atoms with Crippen LogP contribution >= 0.6 is 0 Å².